The van der Waals surface area contributed by atoms with Crippen LogP contribution >= 0.6 is 11.6 Å². The van der Waals surface area contributed by atoms with E-state index in [1.165, 1.54) is 23.7 Å². The third kappa shape index (κ3) is 1.86. The third-order valence-corrected chi connectivity index (χ3v) is 2.79. The largest absolute Gasteiger partial charge is 0.384 e. The number of aryl methyl sites for hydroxylation is 2. The van der Waals surface area contributed by atoms with Gasteiger partial charge < -0.3 is 5.73 Å². The molecular formula is C11H10ClF2N3. The maximum Gasteiger partial charge on any atom is 0.154 e. The van der Waals surface area contributed by atoms with Crippen molar-refractivity contribution >= 4 is 17.4 Å². The molecule has 0 atom stereocenters. The molecule has 0 bridgehead atoms. The minimum atomic E-state index is -0.826. The number of halogens is 3. The highest BCUT2D eigenvalue weighted by Gasteiger charge is 2.20. The van der Waals surface area contributed by atoms with Crippen molar-refractivity contribution in [1.82, 2.24) is 9.78 Å². The Morgan fingerprint density at radius 1 is 1.29 bits per heavy atom. The molecule has 0 spiro atoms. The number of nitrogens with two attached hydrogens (primary N) is 1. The Labute approximate surface area is 102 Å². The molecule has 0 fully saturated rings. The fourth-order valence-corrected chi connectivity index (χ4v) is 1.82. The van der Waals surface area contributed by atoms with Crippen molar-refractivity contribution in [2.24, 2.45) is 7.05 Å². The van der Waals surface area contributed by atoms with Gasteiger partial charge in [-0.25, -0.2) is 8.78 Å². The summed E-state index contributed by atoms with van der Waals surface area (Å²) in [6.07, 6.45) is 0. The molecule has 0 unspecified atom stereocenters. The van der Waals surface area contributed by atoms with Gasteiger partial charge in [-0.1, -0.05) is 11.6 Å². The summed E-state index contributed by atoms with van der Waals surface area (Å²) in [6, 6.07) is 2.64. The molecule has 0 aliphatic rings. The van der Waals surface area contributed by atoms with E-state index in [-0.39, 0.29) is 21.8 Å². The first kappa shape index (κ1) is 11.9. The molecule has 1 aromatic heterocycles. The average molecular weight is 258 g/mol. The fourth-order valence-electron chi connectivity index (χ4n) is 1.56. The van der Waals surface area contributed by atoms with Gasteiger partial charge in [-0.15, -0.1) is 0 Å². The first-order chi connectivity index (χ1) is 7.91. The summed E-state index contributed by atoms with van der Waals surface area (Å²) in [5.74, 6) is -1.19. The predicted octanol–water partition coefficient (Wildman–Crippen LogP) is 2.91. The molecule has 6 heteroatoms. The summed E-state index contributed by atoms with van der Waals surface area (Å²) >= 11 is 5.68. The Morgan fingerprint density at radius 3 is 2.47 bits per heavy atom. The third-order valence-electron chi connectivity index (χ3n) is 2.51. The second-order valence-electron chi connectivity index (χ2n) is 3.76. The molecule has 3 nitrogen and oxygen atoms in total. The maximum absolute atomic E-state index is 13.9. The van der Waals surface area contributed by atoms with Crippen molar-refractivity contribution in [2.45, 2.75) is 6.92 Å². The lowest BCUT2D eigenvalue weighted by molar-refractivity contribution is 0.582. The second-order valence-corrected chi connectivity index (χ2v) is 4.16. The second kappa shape index (κ2) is 4.00. The van der Waals surface area contributed by atoms with Crippen molar-refractivity contribution in [3.8, 4) is 11.3 Å². The van der Waals surface area contributed by atoms with Crippen LogP contribution in [0.4, 0.5) is 14.6 Å². The van der Waals surface area contributed by atoms with Gasteiger partial charge in [0.1, 0.15) is 17.3 Å². The van der Waals surface area contributed by atoms with Crippen LogP contribution in [0.1, 0.15) is 5.56 Å². The standard InChI is InChI=1S/C11H10ClF2N3/c1-5-3-6(12)11(14)9(10(5)13)7-4-8(15)17(2)16-7/h3-4H,15H2,1-2H3. The Morgan fingerprint density at radius 2 is 1.94 bits per heavy atom. The molecule has 0 aliphatic carbocycles. The fraction of sp³-hybridized carbons (Fsp3) is 0.182. The summed E-state index contributed by atoms with van der Waals surface area (Å²) in [7, 11) is 1.59. The Balaban J connectivity index is 2.74. The molecule has 0 radical (unpaired) electrons. The SMILES string of the molecule is Cc1cc(Cl)c(F)c(-c2cc(N)n(C)n2)c1F. The smallest absolute Gasteiger partial charge is 0.154 e. The van der Waals surface area contributed by atoms with E-state index >= 15 is 0 Å². The Kier molecular flexibility index (Phi) is 2.79. The number of aromatic nitrogens is 2. The van der Waals surface area contributed by atoms with Gasteiger partial charge in [0.25, 0.3) is 0 Å². The molecular weight excluding hydrogens is 248 g/mol. The van der Waals surface area contributed by atoms with Crippen molar-refractivity contribution < 1.29 is 8.78 Å². The van der Waals surface area contributed by atoms with Crippen LogP contribution in [0.5, 0.6) is 0 Å². The maximum atomic E-state index is 13.9. The van der Waals surface area contributed by atoms with Gasteiger partial charge in [0.05, 0.1) is 10.6 Å². The molecule has 17 heavy (non-hydrogen) atoms. The quantitative estimate of drug-likeness (QED) is 0.799. The van der Waals surface area contributed by atoms with Crippen molar-refractivity contribution in [3.05, 3.63) is 34.4 Å². The monoisotopic (exact) mass is 257 g/mol. The molecule has 2 aromatic rings. The van der Waals surface area contributed by atoms with Gasteiger partial charge in [-0.3, -0.25) is 4.68 Å². The highest BCUT2D eigenvalue weighted by atomic mass is 35.5. The minimum Gasteiger partial charge on any atom is -0.384 e. The van der Waals surface area contributed by atoms with Gasteiger partial charge in [0, 0.05) is 13.1 Å². The molecule has 90 valence electrons. The first-order valence-corrected chi connectivity index (χ1v) is 5.23. The van der Waals surface area contributed by atoms with Gasteiger partial charge in [-0.2, -0.15) is 5.10 Å². The molecule has 0 saturated carbocycles. The number of hydrogen-bond acceptors (Lipinski definition) is 2. The van der Waals surface area contributed by atoms with Crippen LogP contribution < -0.4 is 5.73 Å². The predicted molar refractivity (Wildman–Crippen MR) is 62.7 cm³/mol. The van der Waals surface area contributed by atoms with Crippen LogP contribution in [0, 0.1) is 18.6 Å². The van der Waals surface area contributed by atoms with E-state index in [9.17, 15) is 8.78 Å². The van der Waals surface area contributed by atoms with Crippen molar-refractivity contribution in [2.75, 3.05) is 5.73 Å². The summed E-state index contributed by atoms with van der Waals surface area (Å²) in [4.78, 5) is 0. The minimum absolute atomic E-state index is 0.130. The van der Waals surface area contributed by atoms with Gasteiger partial charge >= 0.3 is 0 Å². The Bertz CT molecular complexity index is 547. The van der Waals surface area contributed by atoms with E-state index in [2.05, 4.69) is 5.10 Å². The van der Waals surface area contributed by atoms with E-state index in [0.717, 1.165) is 0 Å². The van der Waals surface area contributed by atoms with E-state index in [1.807, 2.05) is 0 Å². The lowest BCUT2D eigenvalue weighted by Gasteiger charge is -2.06. The van der Waals surface area contributed by atoms with Crippen LogP contribution in [-0.2, 0) is 7.05 Å². The van der Waals surface area contributed by atoms with E-state index in [1.54, 1.807) is 7.05 Å². The molecule has 0 saturated heterocycles. The number of rotatable bonds is 1. The molecule has 1 heterocycles. The summed E-state index contributed by atoms with van der Waals surface area (Å²) in [5.41, 5.74) is 5.72. The van der Waals surface area contributed by atoms with E-state index in [4.69, 9.17) is 17.3 Å². The molecule has 0 aliphatic heterocycles. The highest BCUT2D eigenvalue weighted by Crippen LogP contribution is 2.32. The van der Waals surface area contributed by atoms with Crippen molar-refractivity contribution in [1.29, 1.82) is 0 Å². The number of nitrogen functional groups attached to an aromatic ring is 1. The van der Waals surface area contributed by atoms with Crippen LogP contribution in [0.25, 0.3) is 11.3 Å². The lowest BCUT2D eigenvalue weighted by atomic mass is 10.1. The van der Waals surface area contributed by atoms with Crippen molar-refractivity contribution in [3.63, 3.8) is 0 Å². The molecule has 0 amide bonds. The number of anilines is 1. The van der Waals surface area contributed by atoms with Crippen LogP contribution in [0.3, 0.4) is 0 Å². The first-order valence-electron chi connectivity index (χ1n) is 4.85. The van der Waals surface area contributed by atoms with E-state index < -0.39 is 11.6 Å². The van der Waals surface area contributed by atoms with Crippen LogP contribution in [-0.4, -0.2) is 9.78 Å². The normalized spacial score (nSPS) is 10.9. The lowest BCUT2D eigenvalue weighted by Crippen LogP contribution is -1.98. The van der Waals surface area contributed by atoms with Gasteiger partial charge in [0.15, 0.2) is 5.82 Å². The Hall–Kier alpha value is -1.62. The molecule has 2 rings (SSSR count). The average Bonchev–Trinajstić information content (AvgIpc) is 2.57. The van der Waals surface area contributed by atoms with Gasteiger partial charge in [-0.05, 0) is 18.6 Å². The molecule has 1 aromatic carbocycles. The van der Waals surface area contributed by atoms with Crippen LogP contribution in [0.15, 0.2) is 12.1 Å². The van der Waals surface area contributed by atoms with Gasteiger partial charge in [0.2, 0.25) is 0 Å². The van der Waals surface area contributed by atoms with Crippen LogP contribution in [0.2, 0.25) is 5.02 Å². The summed E-state index contributed by atoms with van der Waals surface area (Å²) in [6.45, 7) is 1.51. The van der Waals surface area contributed by atoms with E-state index in [0.29, 0.717) is 5.82 Å². The molecule has 2 N–H and O–H groups in total. The topological polar surface area (TPSA) is 43.8 Å². The number of hydrogen-bond donors (Lipinski definition) is 1. The summed E-state index contributed by atoms with van der Waals surface area (Å²) in [5, 5.41) is 3.80. The zero-order valence-corrected chi connectivity index (χ0v) is 10.0. The number of nitrogens with zero attached hydrogens (tertiary/aromatic N) is 2. The highest BCUT2D eigenvalue weighted by molar-refractivity contribution is 6.31. The summed E-state index contributed by atoms with van der Waals surface area (Å²) < 4.78 is 29.0. The zero-order valence-electron chi connectivity index (χ0n) is 9.26. The zero-order chi connectivity index (χ0) is 12.7. The number of benzene rings is 1.